The van der Waals surface area contributed by atoms with E-state index in [1.54, 1.807) is 6.20 Å². The van der Waals surface area contributed by atoms with Gasteiger partial charge in [0.2, 0.25) is 0 Å². The van der Waals surface area contributed by atoms with E-state index in [-0.39, 0.29) is 0 Å². The lowest BCUT2D eigenvalue weighted by molar-refractivity contribution is 0.300. The van der Waals surface area contributed by atoms with E-state index in [1.165, 1.54) is 5.56 Å². The molecule has 0 saturated carbocycles. The Labute approximate surface area is 153 Å². The minimum atomic E-state index is 0.479. The normalized spacial score (nSPS) is 10.8. The van der Waals surface area contributed by atoms with Crippen LogP contribution in [0.1, 0.15) is 16.8 Å². The third kappa shape index (κ3) is 5.31. The molecule has 0 atom stereocenters. The number of halogens is 1. The monoisotopic (exact) mass is 352 g/mol. The van der Waals surface area contributed by atoms with Crippen molar-refractivity contribution < 1.29 is 4.74 Å². The van der Waals surface area contributed by atoms with Crippen LogP contribution in [0.4, 0.5) is 0 Å². The molecule has 25 heavy (non-hydrogen) atoms. The Morgan fingerprint density at radius 3 is 2.40 bits per heavy atom. The first-order valence-corrected chi connectivity index (χ1v) is 8.62. The van der Waals surface area contributed by atoms with Crippen LogP contribution in [0.5, 0.6) is 5.75 Å². The zero-order chi connectivity index (χ0) is 17.5. The maximum atomic E-state index is 6.23. The van der Waals surface area contributed by atoms with Crippen molar-refractivity contribution in [3.05, 3.63) is 94.8 Å². The van der Waals surface area contributed by atoms with Gasteiger partial charge in [0.05, 0.1) is 5.69 Å². The van der Waals surface area contributed by atoms with Crippen LogP contribution in [-0.4, -0.2) is 16.9 Å². The fraction of sp³-hybridized carbons (Fsp3) is 0.190. The summed E-state index contributed by atoms with van der Waals surface area (Å²) in [4.78, 5) is 6.50. The number of nitrogens with zero attached hydrogens (tertiary/aromatic N) is 2. The molecule has 2 aromatic carbocycles. The fourth-order valence-corrected chi connectivity index (χ4v) is 2.81. The number of rotatable bonds is 7. The molecule has 0 fully saturated rings. The topological polar surface area (TPSA) is 25.4 Å². The summed E-state index contributed by atoms with van der Waals surface area (Å²) in [5, 5.41) is 0.813. The molecule has 0 aliphatic rings. The van der Waals surface area contributed by atoms with Crippen LogP contribution >= 0.6 is 11.6 Å². The molecule has 0 bridgehead atoms. The Balaban J connectivity index is 1.52. The molecule has 3 nitrogen and oxygen atoms in total. The van der Waals surface area contributed by atoms with Crippen molar-refractivity contribution >= 4 is 11.6 Å². The van der Waals surface area contributed by atoms with Gasteiger partial charge in [0.25, 0.3) is 0 Å². The van der Waals surface area contributed by atoms with Crippen molar-refractivity contribution in [2.75, 3.05) is 7.05 Å². The Morgan fingerprint density at radius 1 is 0.920 bits per heavy atom. The molecule has 1 heterocycles. The second-order valence-electron chi connectivity index (χ2n) is 6.02. The maximum Gasteiger partial charge on any atom is 0.130 e. The third-order valence-electron chi connectivity index (χ3n) is 3.89. The average molecular weight is 353 g/mol. The van der Waals surface area contributed by atoms with Crippen molar-refractivity contribution in [3.8, 4) is 5.75 Å². The molecule has 1 aromatic heterocycles. The standard InChI is InChI=1S/C21H21ClN2O/c1-24(15-18-6-2-3-8-21(18)22)14-17-9-11-20(12-10-17)25-16-19-7-4-5-13-23-19/h2-13H,14-16H2,1H3. The van der Waals surface area contributed by atoms with Gasteiger partial charge in [-0.05, 0) is 48.5 Å². The lowest BCUT2D eigenvalue weighted by Gasteiger charge is -2.18. The summed E-state index contributed by atoms with van der Waals surface area (Å²) in [5.74, 6) is 0.850. The van der Waals surface area contributed by atoms with Gasteiger partial charge in [-0.2, -0.15) is 0 Å². The first kappa shape index (κ1) is 17.5. The molecule has 3 aromatic rings. The van der Waals surface area contributed by atoms with Gasteiger partial charge in [-0.3, -0.25) is 9.88 Å². The highest BCUT2D eigenvalue weighted by Crippen LogP contribution is 2.19. The number of hydrogen-bond acceptors (Lipinski definition) is 3. The molecule has 0 N–H and O–H groups in total. The minimum Gasteiger partial charge on any atom is -0.487 e. The van der Waals surface area contributed by atoms with Crippen LogP contribution < -0.4 is 4.74 Å². The van der Waals surface area contributed by atoms with Crippen LogP contribution in [0.3, 0.4) is 0 Å². The number of benzene rings is 2. The summed E-state index contributed by atoms with van der Waals surface area (Å²) in [7, 11) is 2.09. The molecule has 3 rings (SSSR count). The zero-order valence-corrected chi connectivity index (χ0v) is 15.0. The molecule has 0 spiro atoms. The van der Waals surface area contributed by atoms with Crippen LogP contribution in [-0.2, 0) is 19.7 Å². The van der Waals surface area contributed by atoms with Gasteiger partial charge in [0, 0.05) is 24.3 Å². The Hall–Kier alpha value is -2.36. The smallest absolute Gasteiger partial charge is 0.130 e. The van der Waals surface area contributed by atoms with Gasteiger partial charge in [0.1, 0.15) is 12.4 Å². The van der Waals surface area contributed by atoms with E-state index in [0.717, 1.165) is 35.1 Å². The SMILES string of the molecule is CN(Cc1ccc(OCc2ccccn2)cc1)Cc1ccccc1Cl. The van der Waals surface area contributed by atoms with E-state index in [4.69, 9.17) is 16.3 Å². The highest BCUT2D eigenvalue weighted by Gasteiger charge is 2.05. The number of aromatic nitrogens is 1. The number of pyridine rings is 1. The molecule has 0 aliphatic carbocycles. The first-order chi connectivity index (χ1) is 12.2. The first-order valence-electron chi connectivity index (χ1n) is 8.24. The molecule has 4 heteroatoms. The number of ether oxygens (including phenoxy) is 1. The van der Waals surface area contributed by atoms with Crippen LogP contribution in [0.2, 0.25) is 5.02 Å². The molecular weight excluding hydrogens is 332 g/mol. The summed E-state index contributed by atoms with van der Waals surface area (Å²) in [6, 6.07) is 22.0. The minimum absolute atomic E-state index is 0.479. The van der Waals surface area contributed by atoms with Gasteiger partial charge in [-0.1, -0.05) is 48.0 Å². The van der Waals surface area contributed by atoms with E-state index in [1.807, 2.05) is 48.5 Å². The third-order valence-corrected chi connectivity index (χ3v) is 4.26. The lowest BCUT2D eigenvalue weighted by Crippen LogP contribution is -2.17. The Morgan fingerprint density at radius 2 is 1.68 bits per heavy atom. The van der Waals surface area contributed by atoms with Gasteiger partial charge in [0.15, 0.2) is 0 Å². The van der Waals surface area contributed by atoms with Crippen LogP contribution in [0.25, 0.3) is 0 Å². The van der Waals surface area contributed by atoms with Crippen LogP contribution in [0.15, 0.2) is 72.9 Å². The summed E-state index contributed by atoms with van der Waals surface area (Å²) in [6.45, 7) is 2.15. The van der Waals surface area contributed by atoms with Crippen molar-refractivity contribution in [1.29, 1.82) is 0 Å². The fourth-order valence-electron chi connectivity index (χ4n) is 2.62. The highest BCUT2D eigenvalue weighted by atomic mass is 35.5. The Bertz CT molecular complexity index is 791. The molecule has 128 valence electrons. The van der Waals surface area contributed by atoms with Crippen molar-refractivity contribution in [2.24, 2.45) is 0 Å². The van der Waals surface area contributed by atoms with E-state index in [9.17, 15) is 0 Å². The predicted octanol–water partition coefficient (Wildman–Crippen LogP) is 4.95. The molecule has 0 unspecified atom stereocenters. The molecule has 0 radical (unpaired) electrons. The highest BCUT2D eigenvalue weighted by molar-refractivity contribution is 6.31. The lowest BCUT2D eigenvalue weighted by atomic mass is 10.1. The van der Waals surface area contributed by atoms with E-state index >= 15 is 0 Å². The quantitative estimate of drug-likeness (QED) is 0.601. The van der Waals surface area contributed by atoms with E-state index in [2.05, 4.69) is 35.1 Å². The number of hydrogen-bond donors (Lipinski definition) is 0. The average Bonchev–Trinajstić information content (AvgIpc) is 2.64. The van der Waals surface area contributed by atoms with E-state index in [0.29, 0.717) is 6.61 Å². The summed E-state index contributed by atoms with van der Waals surface area (Å²) in [6.07, 6.45) is 1.77. The van der Waals surface area contributed by atoms with E-state index < -0.39 is 0 Å². The van der Waals surface area contributed by atoms with Gasteiger partial charge in [-0.25, -0.2) is 0 Å². The molecule has 0 aliphatic heterocycles. The summed E-state index contributed by atoms with van der Waals surface area (Å²) >= 11 is 6.23. The predicted molar refractivity (Wildman–Crippen MR) is 102 cm³/mol. The van der Waals surface area contributed by atoms with Gasteiger partial charge < -0.3 is 4.74 Å². The van der Waals surface area contributed by atoms with Crippen molar-refractivity contribution in [2.45, 2.75) is 19.7 Å². The molecule has 0 saturated heterocycles. The summed E-state index contributed by atoms with van der Waals surface area (Å²) < 4.78 is 5.77. The maximum absolute atomic E-state index is 6.23. The zero-order valence-electron chi connectivity index (χ0n) is 14.2. The summed E-state index contributed by atoms with van der Waals surface area (Å²) in [5.41, 5.74) is 3.30. The van der Waals surface area contributed by atoms with Gasteiger partial charge >= 0.3 is 0 Å². The second-order valence-corrected chi connectivity index (χ2v) is 6.42. The Kier molecular flexibility index (Phi) is 6.04. The largest absolute Gasteiger partial charge is 0.487 e. The van der Waals surface area contributed by atoms with Gasteiger partial charge in [-0.15, -0.1) is 0 Å². The second kappa shape index (κ2) is 8.65. The molecule has 0 amide bonds. The van der Waals surface area contributed by atoms with Crippen molar-refractivity contribution in [1.82, 2.24) is 9.88 Å². The molecular formula is C21H21ClN2O. The van der Waals surface area contributed by atoms with Crippen LogP contribution in [0, 0.1) is 0 Å². The van der Waals surface area contributed by atoms with Crippen molar-refractivity contribution in [3.63, 3.8) is 0 Å².